The Morgan fingerprint density at radius 3 is 3.00 bits per heavy atom. The van der Waals surface area contributed by atoms with Gasteiger partial charge < -0.3 is 11.1 Å². The van der Waals surface area contributed by atoms with Crippen molar-refractivity contribution in [2.75, 3.05) is 7.05 Å². The number of carbonyl (C=O) groups excluding carboxylic acids is 1. The molecule has 13 heavy (non-hydrogen) atoms. The van der Waals surface area contributed by atoms with Crippen LogP contribution in [0.4, 0.5) is 0 Å². The van der Waals surface area contributed by atoms with Crippen LogP contribution < -0.4 is 11.1 Å². The average Bonchev–Trinajstić information content (AvgIpc) is 2.49. The van der Waals surface area contributed by atoms with E-state index in [2.05, 4.69) is 15.6 Å². The molecule has 3 N–H and O–H groups in total. The molecule has 1 aromatic heterocycles. The molecule has 0 spiro atoms. The topological polar surface area (TPSA) is 85.8 Å². The molecular weight excluding hydrogens is 170 g/mol. The molecule has 72 valence electrons. The van der Waals surface area contributed by atoms with Crippen molar-refractivity contribution < 1.29 is 4.79 Å². The first-order valence-electron chi connectivity index (χ1n) is 3.96. The molecule has 0 aliphatic rings. The molecule has 0 aliphatic carbocycles. The highest BCUT2D eigenvalue weighted by Gasteiger charge is 2.13. The van der Waals surface area contributed by atoms with Crippen LogP contribution in [0.1, 0.15) is 5.69 Å². The van der Waals surface area contributed by atoms with Gasteiger partial charge in [-0.2, -0.15) is 0 Å². The minimum atomic E-state index is -0.554. The Kier molecular flexibility index (Phi) is 2.97. The fraction of sp³-hybridized carbons (Fsp3) is 0.571. The molecule has 1 atom stereocenters. The summed E-state index contributed by atoms with van der Waals surface area (Å²) < 4.78 is 1.58. The second-order valence-corrected chi connectivity index (χ2v) is 2.81. The SMILES string of the molecule is CNC(=O)C(N)Cc1cn(C)nn1. The molecule has 1 aromatic rings. The fourth-order valence-corrected chi connectivity index (χ4v) is 0.992. The van der Waals surface area contributed by atoms with Crippen LogP contribution in [0.25, 0.3) is 0 Å². The average molecular weight is 183 g/mol. The molecule has 6 heteroatoms. The van der Waals surface area contributed by atoms with Crippen LogP contribution in [0, 0.1) is 0 Å². The molecule has 0 radical (unpaired) electrons. The Bertz CT molecular complexity index is 295. The van der Waals surface area contributed by atoms with Crippen molar-refractivity contribution in [3.63, 3.8) is 0 Å². The minimum Gasteiger partial charge on any atom is -0.358 e. The number of nitrogens with two attached hydrogens (primary N) is 1. The first kappa shape index (κ1) is 9.66. The quantitative estimate of drug-likeness (QED) is 0.593. The Morgan fingerprint density at radius 2 is 2.54 bits per heavy atom. The van der Waals surface area contributed by atoms with Gasteiger partial charge in [-0.05, 0) is 0 Å². The summed E-state index contributed by atoms with van der Waals surface area (Å²) in [4.78, 5) is 11.0. The van der Waals surface area contributed by atoms with E-state index in [4.69, 9.17) is 5.73 Å². The van der Waals surface area contributed by atoms with E-state index in [9.17, 15) is 4.79 Å². The van der Waals surface area contributed by atoms with Gasteiger partial charge in [0, 0.05) is 26.7 Å². The number of hydrogen-bond acceptors (Lipinski definition) is 4. The van der Waals surface area contributed by atoms with E-state index in [1.54, 1.807) is 25.0 Å². The molecule has 1 unspecified atom stereocenters. The first-order chi connectivity index (χ1) is 6.13. The molecule has 0 bridgehead atoms. The summed E-state index contributed by atoms with van der Waals surface area (Å²) in [6, 6.07) is -0.554. The number of carbonyl (C=O) groups is 1. The summed E-state index contributed by atoms with van der Waals surface area (Å²) in [6.07, 6.45) is 2.15. The van der Waals surface area contributed by atoms with E-state index < -0.39 is 6.04 Å². The number of likely N-dealkylation sites (N-methyl/N-ethyl adjacent to an activating group) is 1. The van der Waals surface area contributed by atoms with Crippen molar-refractivity contribution in [3.8, 4) is 0 Å². The molecule has 1 amide bonds. The molecule has 0 aliphatic heterocycles. The lowest BCUT2D eigenvalue weighted by Crippen LogP contribution is -2.40. The summed E-state index contributed by atoms with van der Waals surface area (Å²) in [6.45, 7) is 0. The van der Waals surface area contributed by atoms with Gasteiger partial charge in [0.25, 0.3) is 0 Å². The van der Waals surface area contributed by atoms with Crippen molar-refractivity contribution in [1.29, 1.82) is 0 Å². The fourth-order valence-electron chi connectivity index (χ4n) is 0.992. The van der Waals surface area contributed by atoms with Gasteiger partial charge in [0.05, 0.1) is 11.7 Å². The third-order valence-corrected chi connectivity index (χ3v) is 1.66. The largest absolute Gasteiger partial charge is 0.358 e. The molecular formula is C7H13N5O. The molecule has 1 rings (SSSR count). The van der Waals surface area contributed by atoms with Crippen molar-refractivity contribution >= 4 is 5.91 Å². The van der Waals surface area contributed by atoms with E-state index in [1.165, 1.54) is 0 Å². The normalized spacial score (nSPS) is 12.5. The zero-order valence-corrected chi connectivity index (χ0v) is 7.69. The van der Waals surface area contributed by atoms with Gasteiger partial charge >= 0.3 is 0 Å². The smallest absolute Gasteiger partial charge is 0.237 e. The van der Waals surface area contributed by atoms with Gasteiger partial charge in [0.1, 0.15) is 0 Å². The third kappa shape index (κ3) is 2.51. The Labute approximate surface area is 76.1 Å². The van der Waals surface area contributed by atoms with Crippen LogP contribution in [-0.4, -0.2) is 34.0 Å². The summed E-state index contributed by atoms with van der Waals surface area (Å²) in [5, 5.41) is 10.0. The zero-order valence-electron chi connectivity index (χ0n) is 7.69. The summed E-state index contributed by atoms with van der Waals surface area (Å²) >= 11 is 0. The van der Waals surface area contributed by atoms with Gasteiger partial charge in [-0.1, -0.05) is 5.21 Å². The van der Waals surface area contributed by atoms with Crippen molar-refractivity contribution in [1.82, 2.24) is 20.3 Å². The number of nitrogens with one attached hydrogen (secondary N) is 1. The van der Waals surface area contributed by atoms with Gasteiger partial charge in [-0.25, -0.2) is 0 Å². The summed E-state index contributed by atoms with van der Waals surface area (Å²) in [5.74, 6) is -0.189. The van der Waals surface area contributed by atoms with Crippen molar-refractivity contribution in [2.24, 2.45) is 12.8 Å². The predicted molar refractivity (Wildman–Crippen MR) is 46.7 cm³/mol. The third-order valence-electron chi connectivity index (χ3n) is 1.66. The molecule has 1 heterocycles. The molecule has 0 saturated carbocycles. The minimum absolute atomic E-state index is 0.189. The Morgan fingerprint density at radius 1 is 1.85 bits per heavy atom. The second-order valence-electron chi connectivity index (χ2n) is 2.81. The number of amides is 1. The van der Waals surface area contributed by atoms with Crippen LogP contribution in [0.15, 0.2) is 6.20 Å². The van der Waals surface area contributed by atoms with Gasteiger partial charge in [0.15, 0.2) is 0 Å². The van der Waals surface area contributed by atoms with Gasteiger partial charge in [-0.3, -0.25) is 9.48 Å². The molecule has 0 saturated heterocycles. The Hall–Kier alpha value is -1.43. The Balaban J connectivity index is 2.54. The summed E-state index contributed by atoms with van der Waals surface area (Å²) in [5.41, 5.74) is 6.30. The summed E-state index contributed by atoms with van der Waals surface area (Å²) in [7, 11) is 3.32. The van der Waals surface area contributed by atoms with E-state index in [0.29, 0.717) is 6.42 Å². The van der Waals surface area contributed by atoms with E-state index in [-0.39, 0.29) is 5.91 Å². The molecule has 0 aromatic carbocycles. The highest BCUT2D eigenvalue weighted by atomic mass is 16.2. The number of rotatable bonds is 3. The number of aromatic nitrogens is 3. The number of aryl methyl sites for hydroxylation is 1. The highest BCUT2D eigenvalue weighted by molar-refractivity contribution is 5.81. The molecule has 6 nitrogen and oxygen atoms in total. The van der Waals surface area contributed by atoms with Crippen LogP contribution in [0.2, 0.25) is 0 Å². The molecule has 0 fully saturated rings. The maximum Gasteiger partial charge on any atom is 0.237 e. The highest BCUT2D eigenvalue weighted by Crippen LogP contribution is 1.95. The lowest BCUT2D eigenvalue weighted by Gasteiger charge is -2.06. The van der Waals surface area contributed by atoms with Crippen LogP contribution in [-0.2, 0) is 18.3 Å². The van der Waals surface area contributed by atoms with E-state index >= 15 is 0 Å². The van der Waals surface area contributed by atoms with E-state index in [1.807, 2.05) is 0 Å². The maximum atomic E-state index is 11.0. The van der Waals surface area contributed by atoms with Gasteiger partial charge in [0.2, 0.25) is 5.91 Å². The predicted octanol–water partition coefficient (Wildman–Crippen LogP) is -1.57. The van der Waals surface area contributed by atoms with Crippen molar-refractivity contribution in [3.05, 3.63) is 11.9 Å². The van der Waals surface area contributed by atoms with Crippen LogP contribution >= 0.6 is 0 Å². The van der Waals surface area contributed by atoms with Crippen LogP contribution in [0.3, 0.4) is 0 Å². The standard InChI is InChI=1S/C7H13N5O/c1-9-7(13)6(8)3-5-4-12(2)11-10-5/h4,6H,3,8H2,1-2H3,(H,9,13). The zero-order chi connectivity index (χ0) is 9.84. The number of nitrogens with zero attached hydrogens (tertiary/aromatic N) is 3. The van der Waals surface area contributed by atoms with Crippen LogP contribution in [0.5, 0.6) is 0 Å². The first-order valence-corrected chi connectivity index (χ1v) is 3.96. The maximum absolute atomic E-state index is 11.0. The van der Waals surface area contributed by atoms with Gasteiger partial charge in [-0.15, -0.1) is 5.10 Å². The second kappa shape index (κ2) is 3.99. The lowest BCUT2D eigenvalue weighted by molar-refractivity contribution is -0.121. The van der Waals surface area contributed by atoms with E-state index in [0.717, 1.165) is 5.69 Å². The van der Waals surface area contributed by atoms with Crippen molar-refractivity contribution in [2.45, 2.75) is 12.5 Å². The monoisotopic (exact) mass is 183 g/mol. The lowest BCUT2D eigenvalue weighted by atomic mass is 10.2. The number of hydrogen-bond donors (Lipinski definition) is 2.